The van der Waals surface area contributed by atoms with Crippen LogP contribution in [0.3, 0.4) is 0 Å². The van der Waals surface area contributed by atoms with Crippen LogP contribution in [0.4, 0.5) is 0 Å². The summed E-state index contributed by atoms with van der Waals surface area (Å²) in [5, 5.41) is 3.57. The molecule has 1 aliphatic rings. The van der Waals surface area contributed by atoms with Crippen LogP contribution in [-0.4, -0.2) is 20.2 Å². The number of nitrogens with one attached hydrogen (secondary N) is 1. The summed E-state index contributed by atoms with van der Waals surface area (Å²) in [5.74, 6) is 1.72. The molecule has 0 heterocycles. The predicted octanol–water partition coefficient (Wildman–Crippen LogP) is 4.04. The van der Waals surface area contributed by atoms with Crippen molar-refractivity contribution in [3.05, 3.63) is 29.8 Å². The molecule has 2 heteroatoms. The van der Waals surface area contributed by atoms with Crippen LogP contribution in [-0.2, 0) is 6.42 Å². The van der Waals surface area contributed by atoms with E-state index in [0.29, 0.717) is 11.5 Å². The third-order valence-corrected chi connectivity index (χ3v) is 5.04. The highest BCUT2D eigenvalue weighted by atomic mass is 16.5. The van der Waals surface area contributed by atoms with Gasteiger partial charge < -0.3 is 10.1 Å². The van der Waals surface area contributed by atoms with Gasteiger partial charge in [-0.25, -0.2) is 0 Å². The molecule has 0 radical (unpaired) electrons. The van der Waals surface area contributed by atoms with Gasteiger partial charge >= 0.3 is 0 Å². The molecule has 2 nitrogen and oxygen atoms in total. The second-order valence-corrected chi connectivity index (χ2v) is 6.79. The van der Waals surface area contributed by atoms with E-state index in [1.165, 1.54) is 31.2 Å². The highest BCUT2D eigenvalue weighted by molar-refractivity contribution is 5.29. The van der Waals surface area contributed by atoms with E-state index in [1.807, 2.05) is 6.07 Å². The van der Waals surface area contributed by atoms with Crippen LogP contribution in [0.25, 0.3) is 0 Å². The molecule has 1 aromatic carbocycles. The van der Waals surface area contributed by atoms with Gasteiger partial charge in [-0.05, 0) is 55.3 Å². The molecule has 1 fully saturated rings. The molecular weight excluding hydrogens is 246 g/mol. The molecule has 1 saturated carbocycles. The second kappa shape index (κ2) is 6.62. The molecule has 0 spiro atoms. The first-order valence-electron chi connectivity index (χ1n) is 7.87. The van der Waals surface area contributed by atoms with Crippen LogP contribution in [0.1, 0.15) is 45.1 Å². The van der Waals surface area contributed by atoms with Gasteiger partial charge in [0.25, 0.3) is 0 Å². The molecule has 0 aliphatic heterocycles. The fraction of sp³-hybridized carbons (Fsp3) is 0.667. The Kier molecular flexibility index (Phi) is 5.09. The van der Waals surface area contributed by atoms with Crippen molar-refractivity contribution in [1.29, 1.82) is 0 Å². The van der Waals surface area contributed by atoms with E-state index in [1.54, 1.807) is 7.11 Å². The lowest BCUT2D eigenvalue weighted by atomic mass is 9.65. The van der Waals surface area contributed by atoms with Gasteiger partial charge in [0.2, 0.25) is 0 Å². The van der Waals surface area contributed by atoms with Crippen molar-refractivity contribution >= 4 is 0 Å². The molecule has 20 heavy (non-hydrogen) atoms. The van der Waals surface area contributed by atoms with Crippen molar-refractivity contribution in [3.63, 3.8) is 0 Å². The Hall–Kier alpha value is -1.02. The third kappa shape index (κ3) is 3.54. The monoisotopic (exact) mass is 275 g/mol. The molecular formula is C18H29NO. The van der Waals surface area contributed by atoms with Gasteiger partial charge in [-0.2, -0.15) is 0 Å². The number of benzene rings is 1. The largest absolute Gasteiger partial charge is 0.497 e. The lowest BCUT2D eigenvalue weighted by Crippen LogP contribution is -2.44. The Balaban J connectivity index is 2.11. The van der Waals surface area contributed by atoms with Gasteiger partial charge in [0.1, 0.15) is 5.75 Å². The predicted molar refractivity (Wildman–Crippen MR) is 85.3 cm³/mol. The topological polar surface area (TPSA) is 21.3 Å². The van der Waals surface area contributed by atoms with E-state index < -0.39 is 0 Å². The van der Waals surface area contributed by atoms with Crippen LogP contribution in [0.5, 0.6) is 5.75 Å². The number of methoxy groups -OCH3 is 1. The number of likely N-dealkylation sites (N-methyl/N-ethyl adjacent to an activating group) is 1. The Labute approximate surface area is 123 Å². The summed E-state index contributed by atoms with van der Waals surface area (Å²) in [7, 11) is 3.84. The number of hydrogen-bond acceptors (Lipinski definition) is 2. The molecule has 0 amide bonds. The number of hydrogen-bond donors (Lipinski definition) is 1. The first-order valence-corrected chi connectivity index (χ1v) is 7.87. The summed E-state index contributed by atoms with van der Waals surface area (Å²) in [6.07, 6.45) is 6.56. The molecule has 0 aromatic heterocycles. The minimum Gasteiger partial charge on any atom is -0.497 e. The minimum absolute atomic E-state index is 0.449. The SMILES string of the molecule is CNC(Cc1cccc(OC)c1)C1CCCCC1(C)C. The summed E-state index contributed by atoms with van der Waals surface area (Å²) in [6, 6.07) is 9.04. The van der Waals surface area contributed by atoms with Gasteiger partial charge in [-0.1, -0.05) is 38.8 Å². The van der Waals surface area contributed by atoms with Gasteiger partial charge in [0.15, 0.2) is 0 Å². The number of ether oxygens (including phenoxy) is 1. The smallest absolute Gasteiger partial charge is 0.119 e. The number of rotatable bonds is 5. The second-order valence-electron chi connectivity index (χ2n) is 6.79. The van der Waals surface area contributed by atoms with E-state index >= 15 is 0 Å². The van der Waals surface area contributed by atoms with Gasteiger partial charge in [-0.3, -0.25) is 0 Å². The van der Waals surface area contributed by atoms with Gasteiger partial charge in [0, 0.05) is 6.04 Å². The van der Waals surface area contributed by atoms with E-state index in [4.69, 9.17) is 4.74 Å². The van der Waals surface area contributed by atoms with Crippen LogP contribution >= 0.6 is 0 Å². The maximum absolute atomic E-state index is 5.34. The van der Waals surface area contributed by atoms with Crippen LogP contribution in [0.15, 0.2) is 24.3 Å². The van der Waals surface area contributed by atoms with Gasteiger partial charge in [-0.15, -0.1) is 0 Å². The van der Waals surface area contributed by atoms with Crippen molar-refractivity contribution in [2.45, 2.75) is 52.0 Å². The average molecular weight is 275 g/mol. The molecule has 0 bridgehead atoms. The average Bonchev–Trinajstić information content (AvgIpc) is 2.45. The highest BCUT2D eigenvalue weighted by Gasteiger charge is 2.36. The Bertz CT molecular complexity index is 427. The molecule has 2 atom stereocenters. The lowest BCUT2D eigenvalue weighted by molar-refractivity contribution is 0.101. The third-order valence-electron chi connectivity index (χ3n) is 5.04. The first-order chi connectivity index (χ1) is 9.56. The molecule has 2 unspecified atom stereocenters. The summed E-state index contributed by atoms with van der Waals surface area (Å²) < 4.78 is 5.34. The Morgan fingerprint density at radius 1 is 1.35 bits per heavy atom. The van der Waals surface area contributed by atoms with E-state index in [-0.39, 0.29) is 0 Å². The highest BCUT2D eigenvalue weighted by Crippen LogP contribution is 2.42. The normalized spacial score (nSPS) is 23.3. The molecule has 2 rings (SSSR count). The van der Waals surface area contributed by atoms with Crippen LogP contribution < -0.4 is 10.1 Å². The van der Waals surface area contributed by atoms with Crippen molar-refractivity contribution in [3.8, 4) is 5.75 Å². The minimum atomic E-state index is 0.449. The van der Waals surface area contributed by atoms with E-state index in [9.17, 15) is 0 Å². The Morgan fingerprint density at radius 2 is 2.15 bits per heavy atom. The van der Waals surface area contributed by atoms with Crippen LogP contribution in [0, 0.1) is 11.3 Å². The summed E-state index contributed by atoms with van der Waals surface area (Å²) >= 11 is 0. The van der Waals surface area contributed by atoms with Gasteiger partial charge in [0.05, 0.1) is 7.11 Å². The fourth-order valence-electron chi connectivity index (χ4n) is 3.77. The standard InChI is InChI=1S/C18H29NO/c1-18(2)11-6-5-10-16(18)17(19-3)13-14-8-7-9-15(12-14)20-4/h7-9,12,16-17,19H,5-6,10-11,13H2,1-4H3. The quantitative estimate of drug-likeness (QED) is 0.875. The maximum Gasteiger partial charge on any atom is 0.119 e. The zero-order valence-electron chi connectivity index (χ0n) is 13.4. The van der Waals surface area contributed by atoms with Crippen molar-refractivity contribution in [2.24, 2.45) is 11.3 Å². The fourth-order valence-corrected chi connectivity index (χ4v) is 3.77. The first kappa shape index (κ1) is 15.4. The zero-order chi connectivity index (χ0) is 14.6. The molecule has 0 saturated heterocycles. The van der Waals surface area contributed by atoms with Crippen molar-refractivity contribution in [1.82, 2.24) is 5.32 Å². The van der Waals surface area contributed by atoms with Crippen LogP contribution in [0.2, 0.25) is 0 Å². The molecule has 1 N–H and O–H groups in total. The molecule has 1 aliphatic carbocycles. The van der Waals surface area contributed by atoms with Crippen molar-refractivity contribution in [2.75, 3.05) is 14.2 Å². The molecule has 112 valence electrons. The summed E-state index contributed by atoms with van der Waals surface area (Å²) in [6.45, 7) is 4.87. The molecule has 1 aromatic rings. The summed E-state index contributed by atoms with van der Waals surface area (Å²) in [5.41, 5.74) is 1.82. The maximum atomic E-state index is 5.34. The lowest BCUT2D eigenvalue weighted by Gasteiger charge is -2.43. The Morgan fingerprint density at radius 3 is 2.80 bits per heavy atom. The van der Waals surface area contributed by atoms with E-state index in [0.717, 1.165) is 18.1 Å². The van der Waals surface area contributed by atoms with Crippen molar-refractivity contribution < 1.29 is 4.74 Å². The zero-order valence-corrected chi connectivity index (χ0v) is 13.4. The van der Waals surface area contributed by atoms with E-state index in [2.05, 4.69) is 44.4 Å². The summed E-state index contributed by atoms with van der Waals surface area (Å²) in [4.78, 5) is 0.